The van der Waals surface area contributed by atoms with E-state index in [0.717, 1.165) is 4.90 Å². The van der Waals surface area contributed by atoms with Gasteiger partial charge in [-0.15, -0.1) is 0 Å². The summed E-state index contributed by atoms with van der Waals surface area (Å²) in [6.45, 7) is -1.26. The maximum atomic E-state index is 10.8. The molecule has 0 aliphatic rings. The number of carboxylic acid groups (broad SMARTS) is 3. The van der Waals surface area contributed by atoms with Crippen LogP contribution in [0.1, 0.15) is 6.42 Å². The molecule has 92 valence electrons. The highest BCUT2D eigenvalue weighted by molar-refractivity contribution is 7.80. The second-order valence-electron chi connectivity index (χ2n) is 3.06. The third-order valence-electron chi connectivity index (χ3n) is 1.81. The minimum absolute atomic E-state index is 0.0823. The Hall–Kier alpha value is -1.28. The minimum Gasteiger partial charge on any atom is -0.480 e. The highest BCUT2D eigenvalue weighted by atomic mass is 32.1. The van der Waals surface area contributed by atoms with Crippen molar-refractivity contribution in [1.82, 2.24) is 4.90 Å². The highest BCUT2D eigenvalue weighted by Gasteiger charge is 2.28. The molecule has 0 fully saturated rings. The molecule has 8 heteroatoms. The fourth-order valence-electron chi connectivity index (χ4n) is 1.21. The SMILES string of the molecule is O=C(O)CN(CC(=O)O)[C@@H](CCS)C(=O)O. The highest BCUT2D eigenvalue weighted by Crippen LogP contribution is 2.06. The van der Waals surface area contributed by atoms with Crippen LogP contribution in [0.25, 0.3) is 0 Å². The summed E-state index contributed by atoms with van der Waals surface area (Å²) in [5, 5.41) is 25.9. The summed E-state index contributed by atoms with van der Waals surface area (Å²) in [4.78, 5) is 32.7. The van der Waals surface area contributed by atoms with Crippen molar-refractivity contribution in [2.24, 2.45) is 0 Å². The van der Waals surface area contributed by atoms with Crippen LogP contribution in [0.5, 0.6) is 0 Å². The lowest BCUT2D eigenvalue weighted by molar-refractivity contribution is -0.149. The van der Waals surface area contributed by atoms with Gasteiger partial charge in [0.05, 0.1) is 13.1 Å². The molecule has 0 aliphatic heterocycles. The van der Waals surface area contributed by atoms with E-state index >= 15 is 0 Å². The molecule has 0 amide bonds. The largest absolute Gasteiger partial charge is 0.480 e. The number of aliphatic carboxylic acids is 3. The second kappa shape index (κ2) is 7.07. The van der Waals surface area contributed by atoms with Crippen LogP contribution in [-0.4, -0.2) is 63.0 Å². The first-order valence-electron chi connectivity index (χ1n) is 4.39. The van der Waals surface area contributed by atoms with E-state index in [9.17, 15) is 14.4 Å². The van der Waals surface area contributed by atoms with Crippen molar-refractivity contribution < 1.29 is 29.7 Å². The zero-order valence-corrected chi connectivity index (χ0v) is 9.26. The lowest BCUT2D eigenvalue weighted by Crippen LogP contribution is -2.46. The van der Waals surface area contributed by atoms with E-state index in [1.54, 1.807) is 0 Å². The molecule has 0 rings (SSSR count). The normalized spacial score (nSPS) is 12.4. The van der Waals surface area contributed by atoms with Gasteiger partial charge in [-0.2, -0.15) is 12.6 Å². The number of hydrogen-bond donors (Lipinski definition) is 4. The Balaban J connectivity index is 4.72. The van der Waals surface area contributed by atoms with E-state index in [0.29, 0.717) is 0 Å². The van der Waals surface area contributed by atoms with Crippen molar-refractivity contribution in [2.45, 2.75) is 12.5 Å². The molecule has 0 aromatic heterocycles. The molecule has 0 saturated heterocycles. The number of thiol groups is 1. The van der Waals surface area contributed by atoms with E-state index in [1.165, 1.54) is 0 Å². The summed E-state index contributed by atoms with van der Waals surface area (Å²) in [6.07, 6.45) is 0.0823. The number of carboxylic acids is 3. The van der Waals surface area contributed by atoms with E-state index < -0.39 is 37.0 Å². The predicted molar refractivity (Wildman–Crippen MR) is 56.7 cm³/mol. The van der Waals surface area contributed by atoms with Crippen LogP contribution in [0.15, 0.2) is 0 Å². The van der Waals surface area contributed by atoms with Crippen LogP contribution in [-0.2, 0) is 14.4 Å². The zero-order valence-electron chi connectivity index (χ0n) is 8.37. The average molecular weight is 251 g/mol. The van der Waals surface area contributed by atoms with Crippen molar-refractivity contribution in [3.63, 3.8) is 0 Å². The standard InChI is InChI=1S/C8H13NO6S/c10-6(11)3-9(4-7(12)13)5(1-2-16)8(14)15/h5,16H,1-4H2,(H,10,11)(H,12,13)(H,14,15)/t5-/m0/s1. The molecule has 0 heterocycles. The third-order valence-corrected chi connectivity index (χ3v) is 2.06. The Morgan fingerprint density at radius 3 is 1.75 bits per heavy atom. The average Bonchev–Trinajstić information content (AvgIpc) is 2.10. The van der Waals surface area contributed by atoms with Crippen LogP contribution in [0.2, 0.25) is 0 Å². The van der Waals surface area contributed by atoms with Crippen molar-refractivity contribution in [3.05, 3.63) is 0 Å². The first-order valence-corrected chi connectivity index (χ1v) is 5.03. The Bertz CT molecular complexity index is 266. The monoisotopic (exact) mass is 251 g/mol. The number of carbonyl (C=O) groups is 3. The van der Waals surface area contributed by atoms with Crippen LogP contribution in [0, 0.1) is 0 Å². The summed E-state index contributed by atoms with van der Waals surface area (Å²) in [5.74, 6) is -3.57. The van der Waals surface area contributed by atoms with Gasteiger partial charge in [-0.3, -0.25) is 19.3 Å². The number of nitrogens with zero attached hydrogens (tertiary/aromatic N) is 1. The molecular weight excluding hydrogens is 238 g/mol. The molecular formula is C8H13NO6S. The third kappa shape index (κ3) is 5.56. The van der Waals surface area contributed by atoms with Crippen molar-refractivity contribution in [2.75, 3.05) is 18.8 Å². The van der Waals surface area contributed by atoms with Crippen molar-refractivity contribution in [1.29, 1.82) is 0 Å². The molecule has 0 saturated carbocycles. The van der Waals surface area contributed by atoms with E-state index in [-0.39, 0.29) is 12.2 Å². The second-order valence-corrected chi connectivity index (χ2v) is 3.51. The van der Waals surface area contributed by atoms with Gasteiger partial charge in [-0.05, 0) is 12.2 Å². The van der Waals surface area contributed by atoms with Crippen LogP contribution in [0.3, 0.4) is 0 Å². The van der Waals surface area contributed by atoms with Crippen molar-refractivity contribution >= 4 is 30.5 Å². The van der Waals surface area contributed by atoms with Crippen molar-refractivity contribution in [3.8, 4) is 0 Å². The van der Waals surface area contributed by atoms with E-state index in [4.69, 9.17) is 15.3 Å². The fourth-order valence-corrected chi connectivity index (χ4v) is 1.45. The minimum atomic E-state index is -1.27. The summed E-state index contributed by atoms with van der Waals surface area (Å²) in [7, 11) is 0. The maximum absolute atomic E-state index is 10.8. The van der Waals surface area contributed by atoms with Gasteiger partial charge in [0.25, 0.3) is 0 Å². The topological polar surface area (TPSA) is 115 Å². The molecule has 16 heavy (non-hydrogen) atoms. The molecule has 0 aromatic carbocycles. The molecule has 0 aliphatic carbocycles. The van der Waals surface area contributed by atoms with E-state index in [2.05, 4.69) is 12.6 Å². The molecule has 7 nitrogen and oxygen atoms in total. The molecule has 0 aromatic rings. The molecule has 3 N–H and O–H groups in total. The fraction of sp³-hybridized carbons (Fsp3) is 0.625. The van der Waals surface area contributed by atoms with Gasteiger partial charge in [0, 0.05) is 0 Å². The Morgan fingerprint density at radius 2 is 1.50 bits per heavy atom. The molecule has 0 spiro atoms. The molecule has 1 atom stereocenters. The van der Waals surface area contributed by atoms with Crippen LogP contribution in [0.4, 0.5) is 0 Å². The van der Waals surface area contributed by atoms with Gasteiger partial charge in [0.15, 0.2) is 0 Å². The Kier molecular flexibility index (Phi) is 6.50. The Morgan fingerprint density at radius 1 is 1.06 bits per heavy atom. The number of rotatable bonds is 8. The summed E-state index contributed by atoms with van der Waals surface area (Å²) >= 11 is 3.85. The zero-order chi connectivity index (χ0) is 12.7. The van der Waals surface area contributed by atoms with Crippen LogP contribution >= 0.6 is 12.6 Å². The maximum Gasteiger partial charge on any atom is 0.320 e. The summed E-state index contributed by atoms with van der Waals surface area (Å²) in [5.41, 5.74) is 0. The van der Waals surface area contributed by atoms with E-state index in [1.807, 2.05) is 0 Å². The smallest absolute Gasteiger partial charge is 0.320 e. The number of hydrogen-bond acceptors (Lipinski definition) is 5. The Labute approximate surface area is 97.1 Å². The first-order chi connectivity index (χ1) is 7.38. The lowest BCUT2D eigenvalue weighted by Gasteiger charge is -2.24. The lowest BCUT2D eigenvalue weighted by atomic mass is 10.2. The molecule has 0 radical (unpaired) electrons. The molecule has 0 unspecified atom stereocenters. The van der Waals surface area contributed by atoms with Gasteiger partial charge < -0.3 is 15.3 Å². The van der Waals surface area contributed by atoms with Gasteiger partial charge in [0.2, 0.25) is 0 Å². The van der Waals surface area contributed by atoms with Gasteiger partial charge in [0.1, 0.15) is 6.04 Å². The summed E-state index contributed by atoms with van der Waals surface area (Å²) in [6, 6.07) is -1.15. The first kappa shape index (κ1) is 14.7. The van der Waals surface area contributed by atoms with Crippen LogP contribution < -0.4 is 0 Å². The summed E-state index contributed by atoms with van der Waals surface area (Å²) < 4.78 is 0. The quantitative estimate of drug-likeness (QED) is 0.419. The predicted octanol–water partition coefficient (Wildman–Crippen LogP) is -0.769. The molecule has 0 bridgehead atoms. The van der Waals surface area contributed by atoms with Gasteiger partial charge >= 0.3 is 17.9 Å². The van der Waals surface area contributed by atoms with Gasteiger partial charge in [-0.1, -0.05) is 0 Å². The van der Waals surface area contributed by atoms with Gasteiger partial charge in [-0.25, -0.2) is 0 Å².